The number of carbonyl (C=O) groups is 1. The molecule has 0 bridgehead atoms. The maximum atomic E-state index is 12.0. The predicted octanol–water partition coefficient (Wildman–Crippen LogP) is 2.56. The van der Waals surface area contributed by atoms with Crippen LogP contribution in [-0.2, 0) is 9.53 Å². The Bertz CT molecular complexity index is 364. The predicted molar refractivity (Wildman–Crippen MR) is 85.0 cm³/mol. The van der Waals surface area contributed by atoms with Crippen molar-refractivity contribution in [2.24, 2.45) is 17.1 Å². The Hall–Kier alpha value is -0.610. The molecule has 1 aliphatic heterocycles. The lowest BCUT2D eigenvalue weighted by atomic mass is 9.78. The van der Waals surface area contributed by atoms with Crippen LogP contribution in [0.5, 0.6) is 0 Å². The van der Waals surface area contributed by atoms with Gasteiger partial charge >= 0.3 is 5.97 Å². The quantitative estimate of drug-likeness (QED) is 0.792. The molecule has 2 N–H and O–H groups in total. The first-order valence-electron chi connectivity index (χ1n) is 8.53. The second-order valence-electron chi connectivity index (χ2n) is 7.42. The standard InChI is InChI=1S/C17H32N2O2/c1-4-16(2)9-12-19(13-10-16)11-7-14-6-5-8-17(14,18)15(20)21-3/h14H,4-13,18H2,1-3H3. The van der Waals surface area contributed by atoms with Gasteiger partial charge in [-0.3, -0.25) is 4.79 Å². The first-order valence-corrected chi connectivity index (χ1v) is 8.53. The van der Waals surface area contributed by atoms with Crippen molar-refractivity contribution < 1.29 is 9.53 Å². The molecule has 0 spiro atoms. The van der Waals surface area contributed by atoms with Gasteiger partial charge in [-0.15, -0.1) is 0 Å². The third kappa shape index (κ3) is 3.59. The summed E-state index contributed by atoms with van der Waals surface area (Å²) in [4.78, 5) is 14.5. The van der Waals surface area contributed by atoms with E-state index in [1.165, 1.54) is 39.5 Å². The molecule has 0 amide bonds. The molecule has 122 valence electrons. The molecule has 2 aliphatic rings. The average molecular weight is 296 g/mol. The number of ether oxygens (including phenoxy) is 1. The van der Waals surface area contributed by atoms with Gasteiger partial charge in [0.25, 0.3) is 0 Å². The molecule has 0 radical (unpaired) electrons. The largest absolute Gasteiger partial charge is 0.468 e. The number of carbonyl (C=O) groups excluding carboxylic acids is 1. The number of hydrogen-bond donors (Lipinski definition) is 1. The summed E-state index contributed by atoms with van der Waals surface area (Å²) in [5, 5.41) is 0. The van der Waals surface area contributed by atoms with Crippen molar-refractivity contribution in [3.05, 3.63) is 0 Å². The minimum Gasteiger partial charge on any atom is -0.468 e. The van der Waals surface area contributed by atoms with Crippen LogP contribution in [0.25, 0.3) is 0 Å². The summed E-state index contributed by atoms with van der Waals surface area (Å²) in [6.45, 7) is 8.15. The molecule has 1 saturated heterocycles. The van der Waals surface area contributed by atoms with Gasteiger partial charge in [-0.05, 0) is 63.1 Å². The number of nitrogens with zero attached hydrogens (tertiary/aromatic N) is 1. The number of esters is 1. The zero-order valence-corrected chi connectivity index (χ0v) is 14.0. The molecule has 0 aromatic carbocycles. The summed E-state index contributed by atoms with van der Waals surface area (Å²) >= 11 is 0. The second kappa shape index (κ2) is 6.66. The molecule has 2 unspecified atom stereocenters. The molecule has 2 atom stereocenters. The van der Waals surface area contributed by atoms with Crippen LogP contribution in [0.1, 0.15) is 58.8 Å². The molecule has 2 rings (SSSR count). The fraction of sp³-hybridized carbons (Fsp3) is 0.941. The molecular weight excluding hydrogens is 264 g/mol. The van der Waals surface area contributed by atoms with Crippen LogP contribution < -0.4 is 5.73 Å². The van der Waals surface area contributed by atoms with Crippen LogP contribution >= 0.6 is 0 Å². The van der Waals surface area contributed by atoms with Crippen LogP contribution in [0, 0.1) is 11.3 Å². The van der Waals surface area contributed by atoms with Gasteiger partial charge in [0.05, 0.1) is 7.11 Å². The SMILES string of the molecule is CCC1(C)CCN(CCC2CCCC2(N)C(=O)OC)CC1. The van der Waals surface area contributed by atoms with Crippen LogP contribution in [0.4, 0.5) is 0 Å². The fourth-order valence-electron chi connectivity index (χ4n) is 3.97. The van der Waals surface area contributed by atoms with Gasteiger partial charge in [-0.2, -0.15) is 0 Å². The van der Waals surface area contributed by atoms with Crippen LogP contribution in [0.15, 0.2) is 0 Å². The van der Waals surface area contributed by atoms with E-state index in [-0.39, 0.29) is 11.9 Å². The van der Waals surface area contributed by atoms with E-state index in [4.69, 9.17) is 10.5 Å². The monoisotopic (exact) mass is 296 g/mol. The lowest BCUT2D eigenvalue weighted by molar-refractivity contribution is -0.148. The van der Waals surface area contributed by atoms with E-state index in [1.54, 1.807) is 0 Å². The number of piperidine rings is 1. The lowest BCUT2D eigenvalue weighted by Gasteiger charge is -2.39. The van der Waals surface area contributed by atoms with Gasteiger partial charge in [0, 0.05) is 0 Å². The number of nitrogens with two attached hydrogens (primary N) is 1. The van der Waals surface area contributed by atoms with E-state index in [0.29, 0.717) is 5.41 Å². The third-order valence-corrected chi connectivity index (χ3v) is 6.15. The maximum absolute atomic E-state index is 12.0. The van der Waals surface area contributed by atoms with Crippen LogP contribution in [-0.4, -0.2) is 43.2 Å². The molecular formula is C17H32N2O2. The summed E-state index contributed by atoms with van der Waals surface area (Å²) in [6.07, 6.45) is 7.76. The van der Waals surface area contributed by atoms with E-state index in [0.717, 1.165) is 32.2 Å². The Balaban J connectivity index is 1.82. The van der Waals surface area contributed by atoms with Gasteiger partial charge in [0.2, 0.25) is 0 Å². The zero-order valence-electron chi connectivity index (χ0n) is 14.0. The number of rotatable bonds is 5. The molecule has 1 aliphatic carbocycles. The van der Waals surface area contributed by atoms with Crippen molar-refractivity contribution in [2.75, 3.05) is 26.7 Å². The highest BCUT2D eigenvalue weighted by atomic mass is 16.5. The van der Waals surface area contributed by atoms with Gasteiger partial charge in [0.1, 0.15) is 5.54 Å². The summed E-state index contributed by atoms with van der Waals surface area (Å²) in [5.41, 5.74) is 6.15. The smallest absolute Gasteiger partial charge is 0.326 e. The van der Waals surface area contributed by atoms with E-state index in [2.05, 4.69) is 18.7 Å². The zero-order chi connectivity index (χ0) is 15.5. The minimum absolute atomic E-state index is 0.220. The highest BCUT2D eigenvalue weighted by Gasteiger charge is 2.46. The van der Waals surface area contributed by atoms with Crippen LogP contribution in [0.3, 0.4) is 0 Å². The van der Waals surface area contributed by atoms with Crippen molar-refractivity contribution in [2.45, 2.75) is 64.3 Å². The highest BCUT2D eigenvalue weighted by Crippen LogP contribution is 2.38. The molecule has 4 nitrogen and oxygen atoms in total. The van der Waals surface area contributed by atoms with E-state index in [1.807, 2.05) is 0 Å². The third-order valence-electron chi connectivity index (χ3n) is 6.15. The van der Waals surface area contributed by atoms with Gasteiger partial charge in [-0.1, -0.05) is 26.7 Å². The lowest BCUT2D eigenvalue weighted by Crippen LogP contribution is -2.52. The topological polar surface area (TPSA) is 55.6 Å². The molecule has 1 saturated carbocycles. The van der Waals surface area contributed by atoms with Crippen molar-refractivity contribution >= 4 is 5.97 Å². The minimum atomic E-state index is -0.734. The Morgan fingerprint density at radius 1 is 1.33 bits per heavy atom. The Morgan fingerprint density at radius 2 is 2.00 bits per heavy atom. The van der Waals surface area contributed by atoms with E-state index >= 15 is 0 Å². The summed E-state index contributed by atoms with van der Waals surface area (Å²) in [6, 6.07) is 0. The summed E-state index contributed by atoms with van der Waals surface area (Å²) < 4.78 is 4.92. The summed E-state index contributed by atoms with van der Waals surface area (Å²) in [5.74, 6) is 0.0617. The Labute approximate surface area is 129 Å². The first-order chi connectivity index (χ1) is 9.93. The maximum Gasteiger partial charge on any atom is 0.326 e. The molecule has 0 aromatic rings. The van der Waals surface area contributed by atoms with Gasteiger partial charge < -0.3 is 15.4 Å². The Kier molecular flexibility index (Phi) is 5.31. The molecule has 1 heterocycles. The van der Waals surface area contributed by atoms with E-state index < -0.39 is 5.54 Å². The van der Waals surface area contributed by atoms with Gasteiger partial charge in [-0.25, -0.2) is 0 Å². The van der Waals surface area contributed by atoms with Crippen molar-refractivity contribution in [1.29, 1.82) is 0 Å². The second-order valence-corrected chi connectivity index (χ2v) is 7.42. The number of likely N-dealkylation sites (tertiary alicyclic amines) is 1. The Morgan fingerprint density at radius 3 is 2.57 bits per heavy atom. The van der Waals surface area contributed by atoms with Crippen molar-refractivity contribution in [1.82, 2.24) is 4.90 Å². The van der Waals surface area contributed by atoms with Crippen LogP contribution in [0.2, 0.25) is 0 Å². The normalized spacial score (nSPS) is 33.0. The van der Waals surface area contributed by atoms with Crippen molar-refractivity contribution in [3.63, 3.8) is 0 Å². The molecule has 4 heteroatoms. The average Bonchev–Trinajstić information content (AvgIpc) is 2.88. The number of hydrogen-bond acceptors (Lipinski definition) is 4. The van der Waals surface area contributed by atoms with Gasteiger partial charge in [0.15, 0.2) is 0 Å². The van der Waals surface area contributed by atoms with Crippen molar-refractivity contribution in [3.8, 4) is 0 Å². The fourth-order valence-corrected chi connectivity index (χ4v) is 3.97. The molecule has 2 fully saturated rings. The number of methoxy groups -OCH3 is 1. The summed E-state index contributed by atoms with van der Waals surface area (Å²) in [7, 11) is 1.45. The first kappa shape index (κ1) is 16.8. The van der Waals surface area contributed by atoms with E-state index in [9.17, 15) is 4.79 Å². The molecule has 21 heavy (non-hydrogen) atoms. The highest BCUT2D eigenvalue weighted by molar-refractivity contribution is 5.81. The molecule has 0 aromatic heterocycles.